The Kier molecular flexibility index (Phi) is 4.70. The molecule has 0 aromatic heterocycles. The molecule has 3 rings (SSSR count). The molecule has 22 heavy (non-hydrogen) atoms. The summed E-state index contributed by atoms with van der Waals surface area (Å²) in [6.07, 6.45) is 4.34. The van der Waals surface area contributed by atoms with Crippen LogP contribution in [0.3, 0.4) is 0 Å². The van der Waals surface area contributed by atoms with Crippen LogP contribution in [0.5, 0.6) is 5.75 Å². The number of hydrogen-bond donors (Lipinski definition) is 0. The Hall–Kier alpha value is -1.11. The van der Waals surface area contributed by atoms with Crippen molar-refractivity contribution in [3.05, 3.63) is 24.3 Å². The first-order valence-electron chi connectivity index (χ1n) is 8.00. The molecule has 2 heterocycles. The van der Waals surface area contributed by atoms with Crippen LogP contribution >= 0.6 is 0 Å². The lowest BCUT2D eigenvalue weighted by Crippen LogP contribution is -2.42. The second-order valence-electron chi connectivity index (χ2n) is 6.07. The molecule has 2 aliphatic heterocycles. The van der Waals surface area contributed by atoms with Gasteiger partial charge in [0.25, 0.3) is 0 Å². The normalized spacial score (nSPS) is 24.0. The summed E-state index contributed by atoms with van der Waals surface area (Å²) in [5.74, 6) is 0.425. The Morgan fingerprint density at radius 2 is 1.86 bits per heavy atom. The molecule has 1 atom stereocenters. The van der Waals surface area contributed by atoms with E-state index in [0.29, 0.717) is 12.3 Å². The molecule has 0 spiro atoms. The van der Waals surface area contributed by atoms with E-state index in [1.54, 1.807) is 28.6 Å². The number of para-hydroxylation sites is 1. The summed E-state index contributed by atoms with van der Waals surface area (Å²) in [6, 6.07) is 6.98. The molecular formula is C16H24N2O3S. The number of methoxy groups -OCH3 is 1. The molecule has 122 valence electrons. The minimum atomic E-state index is -3.49. The molecule has 0 bridgehead atoms. The van der Waals surface area contributed by atoms with Gasteiger partial charge in [0.15, 0.2) is 0 Å². The van der Waals surface area contributed by atoms with E-state index in [4.69, 9.17) is 4.74 Å². The van der Waals surface area contributed by atoms with Crippen molar-refractivity contribution in [2.75, 3.05) is 33.3 Å². The largest absolute Gasteiger partial charge is 0.495 e. The first-order chi connectivity index (χ1) is 10.6. The molecule has 0 aliphatic carbocycles. The van der Waals surface area contributed by atoms with Crippen LogP contribution < -0.4 is 4.74 Å². The van der Waals surface area contributed by atoms with Gasteiger partial charge >= 0.3 is 0 Å². The fourth-order valence-corrected chi connectivity index (χ4v) is 5.37. The zero-order chi connectivity index (χ0) is 15.6. The second kappa shape index (κ2) is 6.56. The smallest absolute Gasteiger partial charge is 0.247 e. The highest BCUT2D eigenvalue weighted by Crippen LogP contribution is 2.31. The van der Waals surface area contributed by atoms with E-state index in [2.05, 4.69) is 4.90 Å². The Balaban J connectivity index is 1.83. The lowest BCUT2D eigenvalue weighted by Gasteiger charge is -2.28. The van der Waals surface area contributed by atoms with Crippen molar-refractivity contribution in [1.82, 2.24) is 9.21 Å². The van der Waals surface area contributed by atoms with Gasteiger partial charge in [0.05, 0.1) is 7.11 Å². The molecule has 6 heteroatoms. The molecule has 5 nitrogen and oxygen atoms in total. The first kappa shape index (κ1) is 15.8. The van der Waals surface area contributed by atoms with E-state index in [1.807, 2.05) is 0 Å². The molecule has 0 radical (unpaired) electrons. The van der Waals surface area contributed by atoms with Gasteiger partial charge in [-0.1, -0.05) is 12.1 Å². The number of hydrogen-bond acceptors (Lipinski definition) is 4. The SMILES string of the molecule is COc1ccccc1S(=O)(=O)N1CCC[C@H]1CN1CCCC1. The zero-order valence-corrected chi connectivity index (χ0v) is 13.9. The zero-order valence-electron chi connectivity index (χ0n) is 13.1. The van der Waals surface area contributed by atoms with Gasteiger partial charge in [-0.2, -0.15) is 4.31 Å². The van der Waals surface area contributed by atoms with E-state index in [9.17, 15) is 8.42 Å². The maximum atomic E-state index is 13.0. The molecule has 2 aliphatic rings. The summed E-state index contributed by atoms with van der Waals surface area (Å²) in [6.45, 7) is 3.66. The number of nitrogens with zero attached hydrogens (tertiary/aromatic N) is 2. The number of rotatable bonds is 5. The average Bonchev–Trinajstić information content (AvgIpc) is 3.19. The van der Waals surface area contributed by atoms with Crippen molar-refractivity contribution in [1.29, 1.82) is 0 Å². The van der Waals surface area contributed by atoms with E-state index in [0.717, 1.165) is 32.5 Å². The van der Waals surface area contributed by atoms with Crippen LogP contribution in [0.4, 0.5) is 0 Å². The van der Waals surface area contributed by atoms with Crippen molar-refractivity contribution in [3.63, 3.8) is 0 Å². The van der Waals surface area contributed by atoms with Crippen LogP contribution in [0, 0.1) is 0 Å². The van der Waals surface area contributed by atoms with Crippen molar-refractivity contribution < 1.29 is 13.2 Å². The Morgan fingerprint density at radius 1 is 1.14 bits per heavy atom. The standard InChI is InChI=1S/C16H24N2O3S/c1-21-15-8-2-3-9-16(15)22(19,20)18-12-6-7-14(18)13-17-10-4-5-11-17/h2-3,8-9,14H,4-7,10-13H2,1H3/t14-/m0/s1. The fourth-order valence-electron chi connectivity index (χ4n) is 3.53. The molecule has 0 amide bonds. The monoisotopic (exact) mass is 324 g/mol. The summed E-state index contributed by atoms with van der Waals surface area (Å²) >= 11 is 0. The number of likely N-dealkylation sites (tertiary alicyclic amines) is 1. The molecule has 1 aromatic carbocycles. The molecular weight excluding hydrogens is 300 g/mol. The van der Waals surface area contributed by atoms with Crippen molar-refractivity contribution in [2.45, 2.75) is 36.6 Å². The summed E-state index contributed by atoms with van der Waals surface area (Å²) < 4.78 is 33.0. The van der Waals surface area contributed by atoms with E-state index in [1.165, 1.54) is 20.0 Å². The predicted octanol–water partition coefficient (Wildman–Crippen LogP) is 1.94. The molecule has 0 unspecified atom stereocenters. The summed E-state index contributed by atoms with van der Waals surface area (Å²) in [5.41, 5.74) is 0. The maximum absolute atomic E-state index is 13.0. The quantitative estimate of drug-likeness (QED) is 0.830. The third-order valence-corrected chi connectivity index (χ3v) is 6.64. The summed E-state index contributed by atoms with van der Waals surface area (Å²) in [5, 5.41) is 0. The van der Waals surface area contributed by atoms with Crippen LogP contribution in [-0.2, 0) is 10.0 Å². The van der Waals surface area contributed by atoms with Gasteiger partial charge in [-0.15, -0.1) is 0 Å². The highest BCUT2D eigenvalue weighted by molar-refractivity contribution is 7.89. The first-order valence-corrected chi connectivity index (χ1v) is 9.44. The third kappa shape index (κ3) is 3.00. The van der Waals surface area contributed by atoms with Gasteiger partial charge in [0, 0.05) is 19.1 Å². The maximum Gasteiger partial charge on any atom is 0.247 e. The van der Waals surface area contributed by atoms with E-state index < -0.39 is 10.0 Å². The van der Waals surface area contributed by atoms with Crippen LogP contribution in [-0.4, -0.2) is 57.0 Å². The summed E-state index contributed by atoms with van der Waals surface area (Å²) in [4.78, 5) is 2.67. The second-order valence-corrected chi connectivity index (χ2v) is 7.93. The lowest BCUT2D eigenvalue weighted by molar-refractivity contribution is 0.257. The van der Waals surface area contributed by atoms with Crippen LogP contribution in [0.25, 0.3) is 0 Å². The van der Waals surface area contributed by atoms with Gasteiger partial charge in [-0.05, 0) is 50.9 Å². The lowest BCUT2D eigenvalue weighted by atomic mass is 10.2. The molecule has 1 aromatic rings. The van der Waals surface area contributed by atoms with Gasteiger partial charge in [0.1, 0.15) is 10.6 Å². The van der Waals surface area contributed by atoms with Crippen molar-refractivity contribution in [2.24, 2.45) is 0 Å². The number of sulfonamides is 1. The topological polar surface area (TPSA) is 49.9 Å². The van der Waals surface area contributed by atoms with Gasteiger partial charge in [-0.25, -0.2) is 8.42 Å². The van der Waals surface area contributed by atoms with Gasteiger partial charge in [-0.3, -0.25) is 0 Å². The van der Waals surface area contributed by atoms with Gasteiger partial charge in [0.2, 0.25) is 10.0 Å². The predicted molar refractivity (Wildman–Crippen MR) is 85.6 cm³/mol. The Morgan fingerprint density at radius 3 is 2.59 bits per heavy atom. The van der Waals surface area contributed by atoms with E-state index in [-0.39, 0.29) is 10.9 Å². The van der Waals surface area contributed by atoms with Crippen molar-refractivity contribution >= 4 is 10.0 Å². The van der Waals surface area contributed by atoms with Crippen molar-refractivity contribution in [3.8, 4) is 5.75 Å². The fraction of sp³-hybridized carbons (Fsp3) is 0.625. The van der Waals surface area contributed by atoms with Crippen LogP contribution in [0.15, 0.2) is 29.2 Å². The molecule has 2 fully saturated rings. The van der Waals surface area contributed by atoms with Gasteiger partial charge < -0.3 is 9.64 Å². The third-order valence-electron chi connectivity index (χ3n) is 4.65. The minimum Gasteiger partial charge on any atom is -0.495 e. The van der Waals surface area contributed by atoms with Crippen LogP contribution in [0.2, 0.25) is 0 Å². The molecule has 2 saturated heterocycles. The highest BCUT2D eigenvalue weighted by Gasteiger charge is 2.37. The number of ether oxygens (including phenoxy) is 1. The summed E-state index contributed by atoms with van der Waals surface area (Å²) in [7, 11) is -1.98. The molecule has 0 N–H and O–H groups in total. The van der Waals surface area contributed by atoms with Crippen LogP contribution in [0.1, 0.15) is 25.7 Å². The average molecular weight is 324 g/mol. The number of benzene rings is 1. The highest BCUT2D eigenvalue weighted by atomic mass is 32.2. The molecule has 0 saturated carbocycles. The van der Waals surface area contributed by atoms with E-state index >= 15 is 0 Å². The Bertz CT molecular complexity index is 612. The Labute approximate surface area is 132 Å². The minimum absolute atomic E-state index is 0.0908.